The van der Waals surface area contributed by atoms with Crippen LogP contribution < -0.4 is 0 Å². The third-order valence-corrected chi connectivity index (χ3v) is 1.82. The van der Waals surface area contributed by atoms with E-state index in [1.54, 1.807) is 0 Å². The predicted octanol–water partition coefficient (Wildman–Crippen LogP) is -2.19. The van der Waals surface area contributed by atoms with Gasteiger partial charge in [0.15, 0.2) is 0 Å². The molecule has 2 unspecified atom stereocenters. The van der Waals surface area contributed by atoms with Crippen LogP contribution >= 0.6 is 0 Å². The SMILES string of the molecule is OC[C@]1(O)OCCC(O)C1O. The van der Waals surface area contributed by atoms with Gasteiger partial charge in [0, 0.05) is 0 Å². The van der Waals surface area contributed by atoms with Crippen LogP contribution in [0.2, 0.25) is 0 Å². The summed E-state index contributed by atoms with van der Waals surface area (Å²) in [5.41, 5.74) is 0. The smallest absolute Gasteiger partial charge is 0.218 e. The van der Waals surface area contributed by atoms with Crippen LogP contribution in [0.15, 0.2) is 0 Å². The number of hydrogen-bond donors (Lipinski definition) is 4. The molecule has 0 amide bonds. The molecule has 1 aliphatic heterocycles. The van der Waals surface area contributed by atoms with Crippen molar-refractivity contribution < 1.29 is 25.2 Å². The van der Waals surface area contributed by atoms with Crippen LogP contribution in [-0.4, -0.2) is 51.6 Å². The Morgan fingerprint density at radius 1 is 1.45 bits per heavy atom. The van der Waals surface area contributed by atoms with Crippen LogP contribution in [-0.2, 0) is 4.74 Å². The highest BCUT2D eigenvalue weighted by Crippen LogP contribution is 2.22. The molecule has 0 aromatic rings. The van der Waals surface area contributed by atoms with Crippen molar-refractivity contribution in [3.8, 4) is 0 Å². The molecule has 5 nitrogen and oxygen atoms in total. The Balaban J connectivity index is 2.64. The molecule has 1 heterocycles. The van der Waals surface area contributed by atoms with E-state index < -0.39 is 24.6 Å². The summed E-state index contributed by atoms with van der Waals surface area (Å²) in [6.07, 6.45) is -2.19. The number of hydrogen-bond acceptors (Lipinski definition) is 5. The molecular formula is C6H12O5. The molecule has 0 saturated carbocycles. The van der Waals surface area contributed by atoms with Gasteiger partial charge < -0.3 is 25.2 Å². The van der Waals surface area contributed by atoms with Crippen molar-refractivity contribution in [1.29, 1.82) is 0 Å². The van der Waals surface area contributed by atoms with Gasteiger partial charge in [-0.05, 0) is 6.42 Å². The maximum Gasteiger partial charge on any atom is 0.218 e. The van der Waals surface area contributed by atoms with E-state index in [1.165, 1.54) is 0 Å². The molecule has 1 saturated heterocycles. The molecule has 0 aromatic carbocycles. The number of ether oxygens (including phenoxy) is 1. The van der Waals surface area contributed by atoms with Gasteiger partial charge in [0.25, 0.3) is 0 Å². The van der Waals surface area contributed by atoms with Gasteiger partial charge >= 0.3 is 0 Å². The van der Waals surface area contributed by atoms with Crippen LogP contribution in [0.25, 0.3) is 0 Å². The molecular weight excluding hydrogens is 152 g/mol. The van der Waals surface area contributed by atoms with E-state index in [9.17, 15) is 5.11 Å². The van der Waals surface area contributed by atoms with Gasteiger partial charge in [-0.15, -0.1) is 0 Å². The van der Waals surface area contributed by atoms with Gasteiger partial charge in [-0.2, -0.15) is 0 Å². The monoisotopic (exact) mass is 164 g/mol. The zero-order valence-corrected chi connectivity index (χ0v) is 5.97. The van der Waals surface area contributed by atoms with Crippen LogP contribution in [0.4, 0.5) is 0 Å². The molecule has 1 fully saturated rings. The van der Waals surface area contributed by atoms with Crippen LogP contribution in [0, 0.1) is 0 Å². The van der Waals surface area contributed by atoms with Crippen molar-refractivity contribution in [1.82, 2.24) is 0 Å². The first-order valence-electron chi connectivity index (χ1n) is 3.43. The predicted molar refractivity (Wildman–Crippen MR) is 34.6 cm³/mol. The Morgan fingerprint density at radius 3 is 2.55 bits per heavy atom. The van der Waals surface area contributed by atoms with E-state index in [0.29, 0.717) is 0 Å². The third-order valence-electron chi connectivity index (χ3n) is 1.82. The van der Waals surface area contributed by atoms with Crippen molar-refractivity contribution in [3.63, 3.8) is 0 Å². The Labute approximate surface area is 63.8 Å². The maximum absolute atomic E-state index is 9.24. The van der Waals surface area contributed by atoms with Crippen molar-refractivity contribution in [2.75, 3.05) is 13.2 Å². The van der Waals surface area contributed by atoms with Crippen molar-refractivity contribution in [2.45, 2.75) is 24.4 Å². The minimum atomic E-state index is -1.99. The maximum atomic E-state index is 9.24. The number of rotatable bonds is 1. The topological polar surface area (TPSA) is 90.2 Å². The lowest BCUT2D eigenvalue weighted by Gasteiger charge is -2.37. The molecule has 0 spiro atoms. The van der Waals surface area contributed by atoms with Crippen LogP contribution in [0.5, 0.6) is 0 Å². The highest BCUT2D eigenvalue weighted by molar-refractivity contribution is 4.86. The Bertz CT molecular complexity index is 139. The summed E-state index contributed by atoms with van der Waals surface area (Å²) in [5, 5.41) is 36.0. The summed E-state index contributed by atoms with van der Waals surface area (Å²) in [4.78, 5) is 0. The fourth-order valence-electron chi connectivity index (χ4n) is 1.04. The molecule has 66 valence electrons. The second-order valence-electron chi connectivity index (χ2n) is 2.65. The number of aliphatic hydroxyl groups excluding tert-OH is 3. The van der Waals surface area contributed by atoms with Gasteiger partial charge in [0.2, 0.25) is 5.79 Å². The summed E-state index contributed by atoms with van der Waals surface area (Å²) in [6, 6.07) is 0. The quantitative estimate of drug-likeness (QED) is 0.353. The first-order valence-corrected chi connectivity index (χ1v) is 3.43. The summed E-state index contributed by atoms with van der Waals surface area (Å²) in [6.45, 7) is -0.583. The average Bonchev–Trinajstić information content (AvgIpc) is 2.00. The minimum Gasteiger partial charge on any atom is -0.391 e. The molecule has 0 radical (unpaired) electrons. The van der Waals surface area contributed by atoms with E-state index in [4.69, 9.17) is 20.1 Å². The molecule has 4 N–H and O–H groups in total. The van der Waals surface area contributed by atoms with Crippen molar-refractivity contribution in [3.05, 3.63) is 0 Å². The molecule has 5 heteroatoms. The lowest BCUT2D eigenvalue weighted by Crippen LogP contribution is -2.57. The zero-order chi connectivity index (χ0) is 8.48. The van der Waals surface area contributed by atoms with Gasteiger partial charge in [-0.1, -0.05) is 0 Å². The largest absolute Gasteiger partial charge is 0.391 e. The Morgan fingerprint density at radius 2 is 2.09 bits per heavy atom. The van der Waals surface area contributed by atoms with E-state index in [2.05, 4.69) is 0 Å². The van der Waals surface area contributed by atoms with Crippen molar-refractivity contribution >= 4 is 0 Å². The molecule has 0 aromatic heterocycles. The fraction of sp³-hybridized carbons (Fsp3) is 1.00. The highest BCUT2D eigenvalue weighted by Gasteiger charge is 2.43. The van der Waals surface area contributed by atoms with Crippen LogP contribution in [0.1, 0.15) is 6.42 Å². The zero-order valence-electron chi connectivity index (χ0n) is 5.97. The van der Waals surface area contributed by atoms with Gasteiger partial charge in [0.1, 0.15) is 6.10 Å². The standard InChI is InChI=1S/C6H12O5/c7-3-6(10)5(9)4(8)1-2-11-6/h4-5,7-10H,1-3H2/t4?,5?,6-/m0/s1. The summed E-state index contributed by atoms with van der Waals surface area (Å²) >= 11 is 0. The van der Waals surface area contributed by atoms with Gasteiger partial charge in [-0.25, -0.2) is 0 Å². The van der Waals surface area contributed by atoms with E-state index in [1.807, 2.05) is 0 Å². The normalized spacial score (nSPS) is 45.8. The first-order chi connectivity index (χ1) is 5.10. The Kier molecular flexibility index (Phi) is 2.46. The van der Waals surface area contributed by atoms with E-state index in [-0.39, 0.29) is 13.0 Å². The molecule has 1 rings (SSSR count). The fourth-order valence-corrected chi connectivity index (χ4v) is 1.04. The van der Waals surface area contributed by atoms with Crippen LogP contribution in [0.3, 0.4) is 0 Å². The molecule has 0 aliphatic carbocycles. The summed E-state index contributed by atoms with van der Waals surface area (Å²) < 4.78 is 4.69. The summed E-state index contributed by atoms with van der Waals surface area (Å²) in [7, 11) is 0. The lowest BCUT2D eigenvalue weighted by atomic mass is 10.00. The second-order valence-corrected chi connectivity index (χ2v) is 2.65. The highest BCUT2D eigenvalue weighted by atomic mass is 16.7. The molecule has 3 atom stereocenters. The Hall–Kier alpha value is -0.200. The van der Waals surface area contributed by atoms with E-state index in [0.717, 1.165) is 0 Å². The number of aliphatic hydroxyl groups is 4. The minimum absolute atomic E-state index is 0.134. The summed E-state index contributed by atoms with van der Waals surface area (Å²) in [5.74, 6) is -1.99. The van der Waals surface area contributed by atoms with Gasteiger partial charge in [0.05, 0.1) is 19.3 Å². The van der Waals surface area contributed by atoms with E-state index >= 15 is 0 Å². The molecule has 11 heavy (non-hydrogen) atoms. The molecule has 1 aliphatic rings. The molecule has 0 bridgehead atoms. The second kappa shape index (κ2) is 3.04. The lowest BCUT2D eigenvalue weighted by molar-refractivity contribution is -0.311. The van der Waals surface area contributed by atoms with Gasteiger partial charge in [-0.3, -0.25) is 0 Å². The van der Waals surface area contributed by atoms with Crippen molar-refractivity contribution in [2.24, 2.45) is 0 Å². The average molecular weight is 164 g/mol. The first kappa shape index (κ1) is 8.89. The third kappa shape index (κ3) is 1.52.